The van der Waals surface area contributed by atoms with Gasteiger partial charge in [0.15, 0.2) is 0 Å². The van der Waals surface area contributed by atoms with Crippen LogP contribution in [0.25, 0.3) is 0 Å². The van der Waals surface area contributed by atoms with Crippen molar-refractivity contribution >= 4 is 40.5 Å². The fourth-order valence-electron chi connectivity index (χ4n) is 4.48. The van der Waals surface area contributed by atoms with Gasteiger partial charge in [0, 0.05) is 22.7 Å². The fourth-order valence-corrected chi connectivity index (χ4v) is 4.73. The van der Waals surface area contributed by atoms with Gasteiger partial charge in [-0.1, -0.05) is 83.9 Å². The molecule has 4 aromatic carbocycles. The second kappa shape index (κ2) is 11.6. The van der Waals surface area contributed by atoms with Crippen molar-refractivity contribution in [3.05, 3.63) is 139 Å². The zero-order chi connectivity index (χ0) is 27.3. The zero-order valence-electron chi connectivity index (χ0n) is 20.3. The number of aliphatic hydroxyl groups excluding tert-OH is 1. The van der Waals surface area contributed by atoms with Gasteiger partial charge in [-0.15, -0.1) is 0 Å². The first-order valence-corrected chi connectivity index (χ1v) is 12.4. The number of halogens is 2. The van der Waals surface area contributed by atoms with Crippen LogP contribution in [0.1, 0.15) is 28.4 Å². The van der Waals surface area contributed by atoms with Gasteiger partial charge in [0.2, 0.25) is 0 Å². The van der Waals surface area contributed by atoms with Crippen LogP contribution >= 0.6 is 23.2 Å². The number of nitro benzene ring substituents is 1. The average Bonchev–Trinajstić information content (AvgIpc) is 2.94. The number of ether oxygens (including phenoxy) is 1. The summed E-state index contributed by atoms with van der Waals surface area (Å²) < 4.78 is 5.31. The van der Waals surface area contributed by atoms with Crippen LogP contribution in [0.5, 0.6) is 0 Å². The summed E-state index contributed by atoms with van der Waals surface area (Å²) >= 11 is 12.3. The van der Waals surface area contributed by atoms with E-state index in [-0.39, 0.29) is 17.9 Å². The highest BCUT2D eigenvalue weighted by Crippen LogP contribution is 2.43. The van der Waals surface area contributed by atoms with Gasteiger partial charge in [0.1, 0.15) is 11.1 Å². The van der Waals surface area contributed by atoms with Crippen LogP contribution in [-0.4, -0.2) is 29.7 Å². The minimum Gasteiger partial charge on any atom is -0.468 e. The van der Waals surface area contributed by atoms with E-state index in [2.05, 4.69) is 5.32 Å². The van der Waals surface area contributed by atoms with Crippen LogP contribution in [-0.2, 0) is 14.9 Å². The minimum absolute atomic E-state index is 0.00141. The molecule has 4 aromatic rings. The van der Waals surface area contributed by atoms with Crippen molar-refractivity contribution in [3.8, 4) is 0 Å². The number of methoxy groups -OCH3 is 1. The van der Waals surface area contributed by atoms with Gasteiger partial charge < -0.3 is 15.2 Å². The molecule has 0 aliphatic rings. The molecule has 0 amide bonds. The molecule has 2 N–H and O–H groups in total. The van der Waals surface area contributed by atoms with Crippen molar-refractivity contribution in [2.45, 2.75) is 11.5 Å². The average molecular weight is 551 g/mol. The highest BCUT2D eigenvalue weighted by atomic mass is 35.5. The number of anilines is 1. The highest BCUT2D eigenvalue weighted by molar-refractivity contribution is 6.30. The van der Waals surface area contributed by atoms with E-state index in [0.717, 1.165) is 0 Å². The number of nitrogens with zero attached hydrogens (tertiary/aromatic N) is 1. The molecule has 4 rings (SSSR count). The number of benzene rings is 4. The van der Waals surface area contributed by atoms with Gasteiger partial charge in [0.05, 0.1) is 18.1 Å². The first-order chi connectivity index (χ1) is 18.3. The molecule has 38 heavy (non-hydrogen) atoms. The molecule has 9 heteroatoms. The van der Waals surface area contributed by atoms with Gasteiger partial charge in [-0.2, -0.15) is 0 Å². The molecule has 0 aliphatic carbocycles. The lowest BCUT2D eigenvalue weighted by Gasteiger charge is -2.33. The number of esters is 1. The lowest BCUT2D eigenvalue weighted by molar-refractivity contribution is -0.384. The largest absolute Gasteiger partial charge is 0.468 e. The standard InChI is InChI=1S/C29H24Cl2N2O5/c1-38-28(35)29(20-7-12-23(30)13-8-20,21-9-14-24(31)15-10-21)22-11-16-26(33(36)37)25(17-22)32-18-27(34)19-5-3-2-4-6-19/h2-17,27,32,34H,18H2,1H3/t27-/m0/s1. The summed E-state index contributed by atoms with van der Waals surface area (Å²) in [6.07, 6.45) is -0.919. The predicted octanol–water partition coefficient (Wildman–Crippen LogP) is 6.55. The summed E-state index contributed by atoms with van der Waals surface area (Å²) in [5.41, 5.74) is 0.577. The van der Waals surface area contributed by atoms with E-state index in [9.17, 15) is 20.0 Å². The Balaban J connectivity index is 1.89. The fraction of sp³-hybridized carbons (Fsp3) is 0.138. The van der Waals surface area contributed by atoms with E-state index in [1.807, 2.05) is 6.07 Å². The Morgan fingerprint density at radius 2 is 1.45 bits per heavy atom. The smallest absolute Gasteiger partial charge is 0.325 e. The molecule has 0 aromatic heterocycles. The molecule has 1 atom stereocenters. The third-order valence-electron chi connectivity index (χ3n) is 6.34. The van der Waals surface area contributed by atoms with Gasteiger partial charge in [-0.25, -0.2) is 0 Å². The van der Waals surface area contributed by atoms with Crippen molar-refractivity contribution in [3.63, 3.8) is 0 Å². The third-order valence-corrected chi connectivity index (χ3v) is 6.85. The first kappa shape index (κ1) is 27.1. The number of rotatable bonds is 9. The Morgan fingerprint density at radius 3 is 1.95 bits per heavy atom. The van der Waals surface area contributed by atoms with Crippen LogP contribution in [0.2, 0.25) is 10.0 Å². The van der Waals surface area contributed by atoms with Gasteiger partial charge in [-0.05, 0) is 52.6 Å². The molecule has 0 fully saturated rings. The Bertz CT molecular complexity index is 1380. The molecule has 194 valence electrons. The Kier molecular flexibility index (Phi) is 8.32. The maximum atomic E-state index is 13.7. The van der Waals surface area contributed by atoms with Gasteiger partial charge in [-0.3, -0.25) is 14.9 Å². The Hall–Kier alpha value is -3.91. The second-order valence-electron chi connectivity index (χ2n) is 8.55. The maximum Gasteiger partial charge on any atom is 0.325 e. The molecule has 7 nitrogen and oxygen atoms in total. The second-order valence-corrected chi connectivity index (χ2v) is 9.42. The zero-order valence-corrected chi connectivity index (χ0v) is 21.8. The summed E-state index contributed by atoms with van der Waals surface area (Å²) in [7, 11) is 1.28. The van der Waals surface area contributed by atoms with Gasteiger partial charge in [0.25, 0.3) is 5.69 Å². The lowest BCUT2D eigenvalue weighted by Crippen LogP contribution is -2.39. The van der Waals surface area contributed by atoms with Crippen LogP contribution in [0.3, 0.4) is 0 Å². The van der Waals surface area contributed by atoms with E-state index < -0.39 is 22.4 Å². The molecule has 0 spiro atoms. The SMILES string of the molecule is COC(=O)C(c1ccc(Cl)cc1)(c1ccc(Cl)cc1)c1ccc([N+](=O)[O-])c(NC[C@H](O)c2ccccc2)c1. The van der Waals surface area contributed by atoms with Crippen molar-refractivity contribution < 1.29 is 19.6 Å². The topological polar surface area (TPSA) is 102 Å². The highest BCUT2D eigenvalue weighted by Gasteiger charge is 2.46. The number of hydrogen-bond donors (Lipinski definition) is 2. The lowest BCUT2D eigenvalue weighted by atomic mass is 9.69. The van der Waals surface area contributed by atoms with Crippen LogP contribution in [0.15, 0.2) is 97.1 Å². The van der Waals surface area contributed by atoms with Crippen LogP contribution < -0.4 is 5.32 Å². The Morgan fingerprint density at radius 1 is 0.921 bits per heavy atom. The third kappa shape index (κ3) is 5.36. The predicted molar refractivity (Wildman–Crippen MR) is 148 cm³/mol. The number of nitrogens with one attached hydrogen (secondary N) is 1. The van der Waals surface area contributed by atoms with Crippen LogP contribution in [0.4, 0.5) is 11.4 Å². The number of carbonyl (C=O) groups is 1. The quantitative estimate of drug-likeness (QED) is 0.106. The Labute approximate surface area is 229 Å². The molecule has 0 unspecified atom stereocenters. The molecule has 0 radical (unpaired) electrons. The van der Waals surface area contributed by atoms with E-state index in [1.54, 1.807) is 72.8 Å². The van der Waals surface area contributed by atoms with Crippen molar-refractivity contribution in [2.24, 2.45) is 0 Å². The monoisotopic (exact) mass is 550 g/mol. The molecule has 0 bridgehead atoms. The van der Waals surface area contributed by atoms with E-state index in [4.69, 9.17) is 27.9 Å². The molecule has 0 saturated heterocycles. The number of nitro groups is 1. The van der Waals surface area contributed by atoms with Crippen molar-refractivity contribution in [1.29, 1.82) is 0 Å². The normalized spacial score (nSPS) is 12.0. The first-order valence-electron chi connectivity index (χ1n) is 11.6. The number of aliphatic hydroxyl groups is 1. The maximum absolute atomic E-state index is 13.7. The molecular weight excluding hydrogens is 527 g/mol. The number of hydrogen-bond acceptors (Lipinski definition) is 6. The van der Waals surface area contributed by atoms with Crippen molar-refractivity contribution in [1.82, 2.24) is 0 Å². The van der Waals surface area contributed by atoms with Gasteiger partial charge >= 0.3 is 5.97 Å². The molecule has 0 heterocycles. The van der Waals surface area contributed by atoms with Crippen molar-refractivity contribution in [2.75, 3.05) is 19.0 Å². The molecular formula is C29H24Cl2N2O5. The summed E-state index contributed by atoms with van der Waals surface area (Å²) in [5.74, 6) is -0.605. The summed E-state index contributed by atoms with van der Waals surface area (Å²) in [6.45, 7) is 0.00141. The van der Waals surface area contributed by atoms with E-state index >= 15 is 0 Å². The summed E-state index contributed by atoms with van der Waals surface area (Å²) in [5, 5.41) is 26.5. The number of carbonyl (C=O) groups excluding carboxylic acids is 1. The van der Waals surface area contributed by atoms with E-state index in [1.165, 1.54) is 25.3 Å². The minimum atomic E-state index is -1.51. The molecule has 0 aliphatic heterocycles. The van der Waals surface area contributed by atoms with Crippen LogP contribution in [0, 0.1) is 10.1 Å². The summed E-state index contributed by atoms with van der Waals surface area (Å²) in [4.78, 5) is 25.1. The van der Waals surface area contributed by atoms with E-state index in [0.29, 0.717) is 32.3 Å². The summed E-state index contributed by atoms with van der Waals surface area (Å²) in [6, 6.07) is 26.8. The molecule has 0 saturated carbocycles.